The molecule has 16 heavy (non-hydrogen) atoms. The van der Waals surface area contributed by atoms with Crippen LogP contribution in [0.15, 0.2) is 6.20 Å². The lowest BCUT2D eigenvalue weighted by Crippen LogP contribution is -2.20. The highest BCUT2D eigenvalue weighted by molar-refractivity contribution is 5.25. The van der Waals surface area contributed by atoms with E-state index in [-0.39, 0.29) is 5.41 Å². The average Bonchev–Trinajstić information content (AvgIpc) is 2.61. The average molecular weight is 223 g/mol. The van der Waals surface area contributed by atoms with E-state index >= 15 is 0 Å². The summed E-state index contributed by atoms with van der Waals surface area (Å²) < 4.78 is 2.13. The fraction of sp³-hybridized carbons (Fsp3) is 0.769. The van der Waals surface area contributed by atoms with Crippen molar-refractivity contribution in [2.24, 2.45) is 0 Å². The van der Waals surface area contributed by atoms with E-state index in [9.17, 15) is 0 Å². The second-order valence-corrected chi connectivity index (χ2v) is 5.29. The Balaban J connectivity index is 2.88. The number of aryl methyl sites for hydroxylation is 2. The number of hydrogen-bond acceptors (Lipinski definition) is 2. The van der Waals surface area contributed by atoms with Gasteiger partial charge in [-0.15, -0.1) is 0 Å². The molecule has 0 amide bonds. The van der Waals surface area contributed by atoms with Gasteiger partial charge >= 0.3 is 0 Å². The first-order chi connectivity index (χ1) is 7.50. The molecule has 0 aliphatic rings. The molecular formula is C13H25N3. The minimum absolute atomic E-state index is 0.182. The van der Waals surface area contributed by atoms with E-state index in [0.717, 1.165) is 19.5 Å². The van der Waals surface area contributed by atoms with Gasteiger partial charge < -0.3 is 5.32 Å². The van der Waals surface area contributed by atoms with Crippen LogP contribution in [0.2, 0.25) is 0 Å². The van der Waals surface area contributed by atoms with Crippen molar-refractivity contribution in [2.45, 2.75) is 52.5 Å². The molecule has 0 aliphatic heterocycles. The van der Waals surface area contributed by atoms with E-state index < -0.39 is 0 Å². The zero-order valence-electron chi connectivity index (χ0n) is 11.3. The summed E-state index contributed by atoms with van der Waals surface area (Å²) in [4.78, 5) is 0. The van der Waals surface area contributed by atoms with Crippen LogP contribution in [-0.4, -0.2) is 23.4 Å². The lowest BCUT2D eigenvalue weighted by molar-refractivity contribution is 0.492. The summed E-state index contributed by atoms with van der Waals surface area (Å²) in [6, 6.07) is 0. The summed E-state index contributed by atoms with van der Waals surface area (Å²) in [5.41, 5.74) is 2.98. The molecule has 0 aliphatic carbocycles. The first-order valence-electron chi connectivity index (χ1n) is 6.20. The minimum atomic E-state index is 0.182. The van der Waals surface area contributed by atoms with Crippen LogP contribution < -0.4 is 5.32 Å². The van der Waals surface area contributed by atoms with Crippen molar-refractivity contribution in [3.8, 4) is 0 Å². The third kappa shape index (κ3) is 3.08. The van der Waals surface area contributed by atoms with Crippen LogP contribution in [0.4, 0.5) is 0 Å². The zero-order chi connectivity index (χ0) is 12.2. The molecule has 1 aromatic heterocycles. The highest BCUT2D eigenvalue weighted by Gasteiger charge is 2.22. The van der Waals surface area contributed by atoms with E-state index in [2.05, 4.69) is 42.8 Å². The van der Waals surface area contributed by atoms with Crippen molar-refractivity contribution < 1.29 is 0 Å². The highest BCUT2D eigenvalue weighted by atomic mass is 15.3. The van der Waals surface area contributed by atoms with Crippen molar-refractivity contribution >= 4 is 0 Å². The quantitative estimate of drug-likeness (QED) is 0.777. The van der Waals surface area contributed by atoms with Crippen LogP contribution in [-0.2, 0) is 18.4 Å². The van der Waals surface area contributed by atoms with Crippen molar-refractivity contribution in [1.29, 1.82) is 0 Å². The van der Waals surface area contributed by atoms with Crippen LogP contribution in [0.25, 0.3) is 0 Å². The van der Waals surface area contributed by atoms with Gasteiger partial charge in [-0.2, -0.15) is 5.10 Å². The van der Waals surface area contributed by atoms with Crippen LogP contribution in [0.5, 0.6) is 0 Å². The van der Waals surface area contributed by atoms with E-state index in [0.29, 0.717) is 0 Å². The molecule has 1 aromatic rings. The third-order valence-electron chi connectivity index (χ3n) is 2.80. The van der Waals surface area contributed by atoms with E-state index in [1.54, 1.807) is 0 Å². The summed E-state index contributed by atoms with van der Waals surface area (Å²) in [7, 11) is 2.00. The molecule has 1 N–H and O–H groups in total. The molecule has 1 heterocycles. The fourth-order valence-corrected chi connectivity index (χ4v) is 2.17. The first kappa shape index (κ1) is 13.2. The molecular weight excluding hydrogens is 198 g/mol. The van der Waals surface area contributed by atoms with Gasteiger partial charge in [0, 0.05) is 17.7 Å². The topological polar surface area (TPSA) is 29.9 Å². The summed E-state index contributed by atoms with van der Waals surface area (Å²) in [5, 5.41) is 7.67. The molecule has 0 unspecified atom stereocenters. The van der Waals surface area contributed by atoms with E-state index in [1.807, 2.05) is 13.2 Å². The third-order valence-corrected chi connectivity index (χ3v) is 2.80. The Hall–Kier alpha value is -0.830. The van der Waals surface area contributed by atoms with Gasteiger partial charge in [-0.05, 0) is 38.9 Å². The highest BCUT2D eigenvalue weighted by Crippen LogP contribution is 2.26. The maximum absolute atomic E-state index is 4.48. The van der Waals surface area contributed by atoms with E-state index in [1.165, 1.54) is 17.7 Å². The zero-order valence-corrected chi connectivity index (χ0v) is 11.3. The van der Waals surface area contributed by atoms with Crippen LogP contribution in [0, 0.1) is 0 Å². The summed E-state index contributed by atoms with van der Waals surface area (Å²) in [5.74, 6) is 0. The standard InChI is InChI=1S/C13H25N3/c1-6-16-12(13(2,3)4)11(10-15-16)8-7-9-14-5/h10,14H,6-9H2,1-5H3. The van der Waals surface area contributed by atoms with Crippen molar-refractivity contribution in [3.05, 3.63) is 17.5 Å². The normalized spacial score (nSPS) is 12.1. The second-order valence-electron chi connectivity index (χ2n) is 5.29. The molecule has 3 heteroatoms. The van der Waals surface area contributed by atoms with Gasteiger partial charge in [-0.25, -0.2) is 0 Å². The molecule has 3 nitrogen and oxygen atoms in total. The lowest BCUT2D eigenvalue weighted by atomic mass is 9.88. The summed E-state index contributed by atoms with van der Waals surface area (Å²) in [6.45, 7) is 11.0. The molecule has 92 valence electrons. The summed E-state index contributed by atoms with van der Waals surface area (Å²) in [6.07, 6.45) is 4.34. The fourth-order valence-electron chi connectivity index (χ4n) is 2.17. The van der Waals surface area contributed by atoms with Crippen LogP contribution >= 0.6 is 0 Å². The smallest absolute Gasteiger partial charge is 0.0524 e. The Morgan fingerprint density at radius 3 is 2.56 bits per heavy atom. The Labute approximate surface area is 99.2 Å². The number of nitrogens with one attached hydrogen (secondary N) is 1. The van der Waals surface area contributed by atoms with Crippen LogP contribution in [0.1, 0.15) is 45.4 Å². The SMILES string of the molecule is CCn1ncc(CCCNC)c1C(C)(C)C. The van der Waals surface area contributed by atoms with Crippen molar-refractivity contribution in [3.63, 3.8) is 0 Å². The molecule has 0 bridgehead atoms. The molecule has 0 aromatic carbocycles. The van der Waals surface area contributed by atoms with Gasteiger partial charge in [0.1, 0.15) is 0 Å². The maximum Gasteiger partial charge on any atom is 0.0524 e. The van der Waals surface area contributed by atoms with Crippen LogP contribution in [0.3, 0.4) is 0 Å². The molecule has 0 saturated carbocycles. The predicted octanol–water partition coefficient (Wildman–Crippen LogP) is 2.35. The van der Waals surface area contributed by atoms with Gasteiger partial charge in [0.2, 0.25) is 0 Å². The predicted molar refractivity (Wildman–Crippen MR) is 68.8 cm³/mol. The Morgan fingerprint density at radius 2 is 2.06 bits per heavy atom. The van der Waals surface area contributed by atoms with Gasteiger partial charge in [0.25, 0.3) is 0 Å². The minimum Gasteiger partial charge on any atom is -0.320 e. The van der Waals surface area contributed by atoms with Gasteiger partial charge in [0.05, 0.1) is 6.20 Å². The van der Waals surface area contributed by atoms with Crippen molar-refractivity contribution in [1.82, 2.24) is 15.1 Å². The van der Waals surface area contributed by atoms with E-state index in [4.69, 9.17) is 0 Å². The van der Waals surface area contributed by atoms with Gasteiger partial charge in [-0.1, -0.05) is 20.8 Å². The molecule has 0 fully saturated rings. The molecule has 0 atom stereocenters. The second kappa shape index (κ2) is 5.48. The molecule has 1 rings (SSSR count). The molecule has 0 radical (unpaired) electrons. The molecule has 0 saturated heterocycles. The first-order valence-corrected chi connectivity index (χ1v) is 6.20. The lowest BCUT2D eigenvalue weighted by Gasteiger charge is -2.22. The number of nitrogens with zero attached hydrogens (tertiary/aromatic N) is 2. The number of hydrogen-bond donors (Lipinski definition) is 1. The Kier molecular flexibility index (Phi) is 4.54. The Morgan fingerprint density at radius 1 is 1.38 bits per heavy atom. The largest absolute Gasteiger partial charge is 0.320 e. The van der Waals surface area contributed by atoms with Gasteiger partial charge in [0.15, 0.2) is 0 Å². The monoisotopic (exact) mass is 223 g/mol. The summed E-state index contributed by atoms with van der Waals surface area (Å²) >= 11 is 0. The number of rotatable bonds is 5. The number of aromatic nitrogens is 2. The molecule has 0 spiro atoms. The van der Waals surface area contributed by atoms with Gasteiger partial charge in [-0.3, -0.25) is 4.68 Å². The Bertz CT molecular complexity index is 320. The maximum atomic E-state index is 4.48. The van der Waals surface area contributed by atoms with Crippen molar-refractivity contribution in [2.75, 3.05) is 13.6 Å².